The molecule has 2 N–H and O–H groups in total. The van der Waals surface area contributed by atoms with Crippen molar-refractivity contribution >= 4 is 11.4 Å². The monoisotopic (exact) mass is 277 g/mol. The highest BCUT2D eigenvalue weighted by atomic mass is 16.1. The van der Waals surface area contributed by atoms with E-state index in [0.717, 1.165) is 17.6 Å². The lowest BCUT2D eigenvalue weighted by molar-refractivity contribution is -0.119. The highest BCUT2D eigenvalue weighted by Gasteiger charge is 2.20. The van der Waals surface area contributed by atoms with Crippen LogP contribution in [0.1, 0.15) is 24.0 Å². The van der Waals surface area contributed by atoms with Crippen LogP contribution in [0, 0.1) is 0 Å². The van der Waals surface area contributed by atoms with Crippen molar-refractivity contribution in [2.75, 3.05) is 0 Å². The van der Waals surface area contributed by atoms with E-state index in [2.05, 4.69) is 36.9 Å². The van der Waals surface area contributed by atoms with Crippen LogP contribution in [0.2, 0.25) is 0 Å². The second kappa shape index (κ2) is 5.66. The van der Waals surface area contributed by atoms with Gasteiger partial charge >= 0.3 is 0 Å². The highest BCUT2D eigenvalue weighted by Crippen LogP contribution is 2.30. The summed E-state index contributed by atoms with van der Waals surface area (Å²) in [5.41, 5.74) is 11.6. The Morgan fingerprint density at radius 1 is 1.05 bits per heavy atom. The summed E-state index contributed by atoms with van der Waals surface area (Å²) in [5.74, 6) is 0.0952. The first-order valence-corrected chi connectivity index (χ1v) is 7.30. The number of nitrogens with two attached hydrogens (primary N) is 1. The van der Waals surface area contributed by atoms with E-state index in [-0.39, 0.29) is 11.8 Å². The Morgan fingerprint density at radius 2 is 1.81 bits per heavy atom. The standard InChI is InChI=1S/C19H19NO/c1-13-11-19(21)18(20)10-8-16-12-15(7-9-17(13)16)14-5-3-2-4-6-14/h2-7,9,12,18H,1,8,10-11,20H2/t18-/m0/s1. The molecular weight excluding hydrogens is 258 g/mol. The Balaban J connectivity index is 2.02. The molecule has 0 fully saturated rings. The second-order valence-electron chi connectivity index (χ2n) is 5.63. The number of rotatable bonds is 1. The molecule has 0 spiro atoms. The Morgan fingerprint density at radius 3 is 2.57 bits per heavy atom. The van der Waals surface area contributed by atoms with Crippen LogP contribution in [0.5, 0.6) is 0 Å². The zero-order chi connectivity index (χ0) is 14.8. The summed E-state index contributed by atoms with van der Waals surface area (Å²) in [7, 11) is 0. The number of ketones is 1. The number of allylic oxidation sites excluding steroid dienone is 1. The highest BCUT2D eigenvalue weighted by molar-refractivity contribution is 5.94. The van der Waals surface area contributed by atoms with E-state index in [1.54, 1.807) is 0 Å². The van der Waals surface area contributed by atoms with Crippen LogP contribution in [-0.4, -0.2) is 11.8 Å². The molecule has 0 bridgehead atoms. The molecule has 0 saturated heterocycles. The molecule has 3 rings (SSSR count). The maximum atomic E-state index is 11.9. The molecule has 1 aliphatic rings. The van der Waals surface area contributed by atoms with Crippen molar-refractivity contribution < 1.29 is 4.79 Å². The number of fused-ring (bicyclic) bond motifs is 1. The molecule has 106 valence electrons. The Kier molecular flexibility index (Phi) is 3.72. The van der Waals surface area contributed by atoms with Gasteiger partial charge in [-0.3, -0.25) is 4.79 Å². The Hall–Kier alpha value is -2.19. The lowest BCUT2D eigenvalue weighted by atomic mass is 9.86. The summed E-state index contributed by atoms with van der Waals surface area (Å²) in [6.07, 6.45) is 1.89. The first-order valence-electron chi connectivity index (χ1n) is 7.30. The van der Waals surface area contributed by atoms with Crippen LogP contribution in [0.25, 0.3) is 16.7 Å². The third-order valence-electron chi connectivity index (χ3n) is 4.12. The van der Waals surface area contributed by atoms with E-state index in [4.69, 9.17) is 5.73 Å². The molecule has 2 nitrogen and oxygen atoms in total. The maximum absolute atomic E-state index is 11.9. The first kappa shape index (κ1) is 13.8. The van der Waals surface area contributed by atoms with E-state index in [1.165, 1.54) is 16.7 Å². The van der Waals surface area contributed by atoms with Crippen LogP contribution >= 0.6 is 0 Å². The number of hydrogen-bond donors (Lipinski definition) is 1. The minimum absolute atomic E-state index is 0.0952. The van der Waals surface area contributed by atoms with Gasteiger partial charge in [-0.2, -0.15) is 0 Å². The van der Waals surface area contributed by atoms with Gasteiger partial charge in [0.2, 0.25) is 0 Å². The van der Waals surface area contributed by atoms with Gasteiger partial charge in [-0.1, -0.05) is 55.1 Å². The predicted octanol–water partition coefficient (Wildman–Crippen LogP) is 3.60. The molecule has 0 heterocycles. The van der Waals surface area contributed by atoms with Crippen LogP contribution in [-0.2, 0) is 11.2 Å². The van der Waals surface area contributed by atoms with Crippen molar-refractivity contribution in [2.45, 2.75) is 25.3 Å². The molecule has 2 aromatic rings. The van der Waals surface area contributed by atoms with Gasteiger partial charge in [0, 0.05) is 6.42 Å². The van der Waals surface area contributed by atoms with E-state index < -0.39 is 0 Å². The average Bonchev–Trinajstić information content (AvgIpc) is 2.52. The fourth-order valence-electron chi connectivity index (χ4n) is 2.86. The quantitative estimate of drug-likeness (QED) is 0.865. The fourth-order valence-corrected chi connectivity index (χ4v) is 2.86. The molecule has 0 radical (unpaired) electrons. The zero-order valence-corrected chi connectivity index (χ0v) is 12.0. The van der Waals surface area contributed by atoms with Crippen molar-refractivity contribution in [2.24, 2.45) is 5.73 Å². The van der Waals surface area contributed by atoms with Gasteiger partial charge in [-0.15, -0.1) is 0 Å². The third-order valence-corrected chi connectivity index (χ3v) is 4.12. The van der Waals surface area contributed by atoms with Crippen LogP contribution < -0.4 is 5.73 Å². The van der Waals surface area contributed by atoms with E-state index in [0.29, 0.717) is 12.8 Å². The summed E-state index contributed by atoms with van der Waals surface area (Å²) in [6, 6.07) is 16.3. The van der Waals surface area contributed by atoms with Gasteiger partial charge in [0.05, 0.1) is 6.04 Å². The molecule has 0 aliphatic heterocycles. The number of carbonyl (C=O) groups excluding carboxylic acids is 1. The molecule has 21 heavy (non-hydrogen) atoms. The first-order chi connectivity index (χ1) is 10.1. The Labute approximate surface area is 125 Å². The van der Waals surface area contributed by atoms with Gasteiger partial charge in [0.25, 0.3) is 0 Å². The third kappa shape index (κ3) is 2.81. The number of aryl methyl sites for hydroxylation is 1. The van der Waals surface area contributed by atoms with E-state index in [1.807, 2.05) is 18.2 Å². The van der Waals surface area contributed by atoms with Gasteiger partial charge in [-0.25, -0.2) is 0 Å². The van der Waals surface area contributed by atoms with Crippen LogP contribution in [0.4, 0.5) is 0 Å². The van der Waals surface area contributed by atoms with Gasteiger partial charge < -0.3 is 5.73 Å². The summed E-state index contributed by atoms with van der Waals surface area (Å²) in [4.78, 5) is 11.9. The molecule has 1 aliphatic carbocycles. The SMILES string of the molecule is C=C1CC(=O)[C@@H](N)CCc2cc(-c3ccccc3)ccc21. The molecule has 2 aromatic carbocycles. The fraction of sp³-hybridized carbons (Fsp3) is 0.211. The normalized spacial score (nSPS) is 18.8. The molecular formula is C19H19NO. The van der Waals surface area contributed by atoms with Gasteiger partial charge in [0.15, 0.2) is 5.78 Å². The smallest absolute Gasteiger partial charge is 0.153 e. The lowest BCUT2D eigenvalue weighted by Crippen LogP contribution is -2.32. The number of benzene rings is 2. The average molecular weight is 277 g/mol. The maximum Gasteiger partial charge on any atom is 0.153 e. The minimum atomic E-state index is -0.365. The Bertz CT molecular complexity index is 688. The van der Waals surface area contributed by atoms with Crippen LogP contribution in [0.15, 0.2) is 55.1 Å². The summed E-state index contributed by atoms with van der Waals surface area (Å²) in [5, 5.41) is 0. The molecule has 0 unspecified atom stereocenters. The van der Waals surface area contributed by atoms with Crippen molar-refractivity contribution in [3.63, 3.8) is 0 Å². The van der Waals surface area contributed by atoms with Gasteiger partial charge in [-0.05, 0) is 40.7 Å². The summed E-state index contributed by atoms with van der Waals surface area (Å²) < 4.78 is 0. The topological polar surface area (TPSA) is 43.1 Å². The van der Waals surface area contributed by atoms with Gasteiger partial charge in [0.1, 0.15) is 0 Å². The zero-order valence-electron chi connectivity index (χ0n) is 12.0. The molecule has 0 saturated carbocycles. The molecule has 0 amide bonds. The van der Waals surface area contributed by atoms with Crippen LogP contribution in [0.3, 0.4) is 0 Å². The largest absolute Gasteiger partial charge is 0.321 e. The molecule has 0 aromatic heterocycles. The van der Waals surface area contributed by atoms with Crippen molar-refractivity contribution in [1.29, 1.82) is 0 Å². The van der Waals surface area contributed by atoms with E-state index in [9.17, 15) is 4.79 Å². The predicted molar refractivity (Wildman–Crippen MR) is 86.8 cm³/mol. The minimum Gasteiger partial charge on any atom is -0.321 e. The lowest BCUT2D eigenvalue weighted by Gasteiger charge is -2.20. The van der Waals surface area contributed by atoms with Crippen molar-refractivity contribution in [1.82, 2.24) is 0 Å². The second-order valence-corrected chi connectivity index (χ2v) is 5.63. The molecule has 2 heteroatoms. The van der Waals surface area contributed by atoms with Crippen molar-refractivity contribution in [3.05, 3.63) is 66.2 Å². The number of Topliss-reactive ketones (excluding diaryl/α,β-unsaturated/α-hetero) is 1. The number of hydrogen-bond acceptors (Lipinski definition) is 2. The van der Waals surface area contributed by atoms with Crippen molar-refractivity contribution in [3.8, 4) is 11.1 Å². The molecule has 1 atom stereocenters. The summed E-state index contributed by atoms with van der Waals surface area (Å²) in [6.45, 7) is 4.07. The number of carbonyl (C=O) groups is 1. The summed E-state index contributed by atoms with van der Waals surface area (Å²) >= 11 is 0. The van der Waals surface area contributed by atoms with E-state index >= 15 is 0 Å².